The van der Waals surface area contributed by atoms with Crippen molar-refractivity contribution in [3.05, 3.63) is 58.6 Å². The van der Waals surface area contributed by atoms with Crippen LogP contribution in [0.1, 0.15) is 11.1 Å². The van der Waals surface area contributed by atoms with Crippen LogP contribution in [0.5, 0.6) is 0 Å². The van der Waals surface area contributed by atoms with Crippen LogP contribution in [0.4, 0.5) is 11.4 Å². The third kappa shape index (κ3) is 2.66. The summed E-state index contributed by atoms with van der Waals surface area (Å²) in [5.41, 5.74) is 10.3. The van der Waals surface area contributed by atoms with Gasteiger partial charge in [-0.3, -0.25) is 0 Å². The van der Waals surface area contributed by atoms with Gasteiger partial charge in [0, 0.05) is 30.0 Å². The van der Waals surface area contributed by atoms with Crippen molar-refractivity contribution in [1.29, 1.82) is 0 Å². The first kappa shape index (κ1) is 12.9. The topological polar surface area (TPSA) is 29.3 Å². The van der Waals surface area contributed by atoms with E-state index in [1.165, 1.54) is 5.56 Å². The smallest absolute Gasteiger partial charge is 0.0454 e. The van der Waals surface area contributed by atoms with Gasteiger partial charge in [0.05, 0.1) is 0 Å². The number of halogens is 1. The Morgan fingerprint density at radius 1 is 1.17 bits per heavy atom. The van der Waals surface area contributed by atoms with Crippen LogP contribution in [-0.4, -0.2) is 7.05 Å². The predicted molar refractivity (Wildman–Crippen MR) is 78.6 cm³/mol. The summed E-state index contributed by atoms with van der Waals surface area (Å²) in [5, 5.41) is 0.719. The molecule has 0 radical (unpaired) electrons. The maximum Gasteiger partial charge on any atom is 0.0454 e. The quantitative estimate of drug-likeness (QED) is 0.908. The normalized spacial score (nSPS) is 10.4. The Labute approximate surface area is 113 Å². The van der Waals surface area contributed by atoms with E-state index < -0.39 is 0 Å². The van der Waals surface area contributed by atoms with Crippen LogP contribution in [-0.2, 0) is 6.54 Å². The van der Waals surface area contributed by atoms with Crippen LogP contribution >= 0.6 is 11.6 Å². The molecule has 0 fully saturated rings. The minimum absolute atomic E-state index is 0.478. The first-order valence-corrected chi connectivity index (χ1v) is 6.28. The average Bonchev–Trinajstić information content (AvgIpc) is 2.37. The molecular weight excluding hydrogens is 244 g/mol. The molecule has 0 atom stereocenters. The molecular formula is C15H17ClN2. The zero-order valence-electron chi connectivity index (χ0n) is 10.7. The van der Waals surface area contributed by atoms with E-state index in [0.717, 1.165) is 22.0 Å². The van der Waals surface area contributed by atoms with Crippen LogP contribution in [0.2, 0.25) is 5.02 Å². The number of hydrogen-bond acceptors (Lipinski definition) is 2. The Bertz CT molecular complexity index is 552. The van der Waals surface area contributed by atoms with E-state index in [0.29, 0.717) is 6.54 Å². The molecule has 2 aromatic carbocycles. The molecule has 0 heterocycles. The molecule has 2 aromatic rings. The highest BCUT2D eigenvalue weighted by Gasteiger charge is 2.09. The summed E-state index contributed by atoms with van der Waals surface area (Å²) >= 11 is 6.00. The molecule has 0 saturated heterocycles. The van der Waals surface area contributed by atoms with Crippen molar-refractivity contribution in [3.63, 3.8) is 0 Å². The van der Waals surface area contributed by atoms with Crippen LogP contribution in [0.15, 0.2) is 42.5 Å². The predicted octanol–water partition coefficient (Wildman–Crippen LogP) is 3.88. The van der Waals surface area contributed by atoms with Crippen molar-refractivity contribution in [2.45, 2.75) is 13.5 Å². The summed E-state index contributed by atoms with van der Waals surface area (Å²) in [6.45, 7) is 2.56. The molecule has 2 rings (SSSR count). The van der Waals surface area contributed by atoms with Crippen LogP contribution < -0.4 is 10.6 Å². The number of nitrogens with two attached hydrogens (primary N) is 1. The molecule has 0 amide bonds. The summed E-state index contributed by atoms with van der Waals surface area (Å²) in [6, 6.07) is 14.2. The number of benzene rings is 2. The minimum Gasteiger partial charge on any atom is -0.344 e. The molecule has 3 heteroatoms. The van der Waals surface area contributed by atoms with E-state index in [1.807, 2.05) is 25.2 Å². The molecule has 2 nitrogen and oxygen atoms in total. The van der Waals surface area contributed by atoms with Gasteiger partial charge in [0.2, 0.25) is 0 Å². The van der Waals surface area contributed by atoms with Gasteiger partial charge in [0.1, 0.15) is 0 Å². The Morgan fingerprint density at radius 3 is 2.61 bits per heavy atom. The van der Waals surface area contributed by atoms with E-state index in [4.69, 9.17) is 17.3 Å². The summed E-state index contributed by atoms with van der Waals surface area (Å²) in [4.78, 5) is 2.13. The lowest BCUT2D eigenvalue weighted by Gasteiger charge is -2.23. The number of aryl methyl sites for hydroxylation is 1. The first-order valence-electron chi connectivity index (χ1n) is 5.90. The van der Waals surface area contributed by atoms with Crippen molar-refractivity contribution in [1.82, 2.24) is 0 Å². The highest BCUT2D eigenvalue weighted by molar-refractivity contribution is 6.30. The van der Waals surface area contributed by atoms with Gasteiger partial charge in [-0.1, -0.05) is 23.7 Å². The SMILES string of the molecule is Cc1cccc(N(C)c2ccc(Cl)cc2CN)c1. The summed E-state index contributed by atoms with van der Waals surface area (Å²) in [7, 11) is 2.04. The molecule has 2 N–H and O–H groups in total. The van der Waals surface area contributed by atoms with Crippen molar-refractivity contribution in [3.8, 4) is 0 Å². The second-order valence-corrected chi connectivity index (χ2v) is 4.81. The maximum absolute atomic E-state index is 6.00. The lowest BCUT2D eigenvalue weighted by molar-refractivity contribution is 1.05. The highest BCUT2D eigenvalue weighted by atomic mass is 35.5. The third-order valence-corrected chi connectivity index (χ3v) is 3.25. The highest BCUT2D eigenvalue weighted by Crippen LogP contribution is 2.29. The van der Waals surface area contributed by atoms with E-state index >= 15 is 0 Å². The molecule has 94 valence electrons. The standard InChI is InChI=1S/C15H17ClN2/c1-11-4-3-5-14(8-11)18(2)15-7-6-13(16)9-12(15)10-17/h3-9H,10,17H2,1-2H3. The van der Waals surface area contributed by atoms with E-state index in [-0.39, 0.29) is 0 Å². The Morgan fingerprint density at radius 2 is 1.94 bits per heavy atom. The summed E-state index contributed by atoms with van der Waals surface area (Å²) in [5.74, 6) is 0. The first-order chi connectivity index (χ1) is 8.61. The number of rotatable bonds is 3. The molecule has 0 aromatic heterocycles. The van der Waals surface area contributed by atoms with Gasteiger partial charge in [0.25, 0.3) is 0 Å². The van der Waals surface area contributed by atoms with Crippen molar-refractivity contribution in [2.75, 3.05) is 11.9 Å². The van der Waals surface area contributed by atoms with Crippen LogP contribution in [0.3, 0.4) is 0 Å². The van der Waals surface area contributed by atoms with Crippen molar-refractivity contribution >= 4 is 23.0 Å². The molecule has 0 aliphatic heterocycles. The Balaban J connectivity index is 2.42. The van der Waals surface area contributed by atoms with Gasteiger partial charge in [-0.2, -0.15) is 0 Å². The number of hydrogen-bond donors (Lipinski definition) is 1. The van der Waals surface area contributed by atoms with Gasteiger partial charge in [-0.15, -0.1) is 0 Å². The van der Waals surface area contributed by atoms with Gasteiger partial charge >= 0.3 is 0 Å². The molecule has 0 aliphatic rings. The van der Waals surface area contributed by atoms with Gasteiger partial charge < -0.3 is 10.6 Å². The maximum atomic E-state index is 6.00. The molecule has 0 aliphatic carbocycles. The average molecular weight is 261 g/mol. The lowest BCUT2D eigenvalue weighted by atomic mass is 10.1. The Kier molecular flexibility index (Phi) is 3.90. The van der Waals surface area contributed by atoms with Crippen LogP contribution in [0, 0.1) is 6.92 Å². The van der Waals surface area contributed by atoms with Crippen molar-refractivity contribution < 1.29 is 0 Å². The molecule has 0 saturated carbocycles. The van der Waals surface area contributed by atoms with E-state index in [9.17, 15) is 0 Å². The molecule has 18 heavy (non-hydrogen) atoms. The second-order valence-electron chi connectivity index (χ2n) is 4.38. The van der Waals surface area contributed by atoms with E-state index in [2.05, 4.69) is 36.1 Å². The fourth-order valence-electron chi connectivity index (χ4n) is 2.02. The van der Waals surface area contributed by atoms with Crippen LogP contribution in [0.25, 0.3) is 0 Å². The zero-order valence-corrected chi connectivity index (χ0v) is 11.4. The summed E-state index contributed by atoms with van der Waals surface area (Å²) < 4.78 is 0. The molecule has 0 spiro atoms. The van der Waals surface area contributed by atoms with Crippen molar-refractivity contribution in [2.24, 2.45) is 5.73 Å². The molecule has 0 bridgehead atoms. The third-order valence-electron chi connectivity index (χ3n) is 3.01. The largest absolute Gasteiger partial charge is 0.344 e. The summed E-state index contributed by atoms with van der Waals surface area (Å²) in [6.07, 6.45) is 0. The zero-order chi connectivity index (χ0) is 13.1. The molecule has 0 unspecified atom stereocenters. The van der Waals surface area contributed by atoms with E-state index in [1.54, 1.807) is 0 Å². The number of nitrogens with zero attached hydrogens (tertiary/aromatic N) is 1. The minimum atomic E-state index is 0.478. The number of anilines is 2. The van der Waals surface area contributed by atoms with Gasteiger partial charge in [-0.25, -0.2) is 0 Å². The van der Waals surface area contributed by atoms with Gasteiger partial charge in [-0.05, 0) is 48.4 Å². The van der Waals surface area contributed by atoms with Gasteiger partial charge in [0.15, 0.2) is 0 Å². The monoisotopic (exact) mass is 260 g/mol. The fraction of sp³-hybridized carbons (Fsp3) is 0.200. The Hall–Kier alpha value is -1.51. The fourth-order valence-corrected chi connectivity index (χ4v) is 2.22. The second kappa shape index (κ2) is 5.42. The lowest BCUT2D eigenvalue weighted by Crippen LogP contribution is -2.13.